The van der Waals surface area contributed by atoms with Gasteiger partial charge in [-0.3, -0.25) is 4.79 Å². The molecule has 0 aliphatic heterocycles. The molecule has 1 fully saturated rings. The summed E-state index contributed by atoms with van der Waals surface area (Å²) in [5, 5.41) is 20.0. The zero-order valence-corrected chi connectivity index (χ0v) is 19.9. The molecule has 2 aliphatic carbocycles. The van der Waals surface area contributed by atoms with Gasteiger partial charge in [0.25, 0.3) is 5.91 Å². The van der Waals surface area contributed by atoms with Crippen molar-refractivity contribution in [3.63, 3.8) is 0 Å². The third-order valence-corrected chi connectivity index (χ3v) is 6.63. The maximum Gasteiger partial charge on any atom is 0.416 e. The Morgan fingerprint density at radius 1 is 1.25 bits per heavy atom. The molecule has 10 heteroatoms. The molecule has 0 radical (unpaired) electrons. The number of hydrogen-bond acceptors (Lipinski definition) is 5. The van der Waals surface area contributed by atoms with Crippen LogP contribution in [0.3, 0.4) is 0 Å². The number of carbonyl (C=O) groups is 1. The maximum absolute atomic E-state index is 12.9. The number of amides is 1. The topological polar surface area (TPSA) is 91.6 Å². The first-order valence-corrected chi connectivity index (χ1v) is 12.2. The minimum Gasteiger partial charge on any atom is -0.382 e. The zero-order chi connectivity index (χ0) is 25.4. The van der Waals surface area contributed by atoms with E-state index in [1.54, 1.807) is 22.8 Å². The summed E-state index contributed by atoms with van der Waals surface area (Å²) in [5.41, 5.74) is 5.24. The minimum absolute atomic E-state index is 0.0981. The van der Waals surface area contributed by atoms with E-state index in [2.05, 4.69) is 21.7 Å². The molecule has 190 valence electrons. The summed E-state index contributed by atoms with van der Waals surface area (Å²) < 4.78 is 40.3. The van der Waals surface area contributed by atoms with E-state index in [1.807, 2.05) is 19.1 Å². The number of nitrogens with one attached hydrogen (secondary N) is 2. The summed E-state index contributed by atoms with van der Waals surface area (Å²) in [6.07, 6.45) is 2.36. The van der Waals surface area contributed by atoms with Gasteiger partial charge in [-0.2, -0.15) is 18.3 Å². The lowest BCUT2D eigenvalue weighted by Gasteiger charge is -2.18. The SMILES string of the molecule is Cc1cc(-c2cnc3c(NCC(O)C(F)(F)F)cc(C4=CCCCC4)nn23)ccc1C(=O)NC1CC1. The van der Waals surface area contributed by atoms with Gasteiger partial charge >= 0.3 is 6.18 Å². The van der Waals surface area contributed by atoms with Crippen molar-refractivity contribution < 1.29 is 23.1 Å². The Morgan fingerprint density at radius 2 is 2.06 bits per heavy atom. The lowest BCUT2D eigenvalue weighted by molar-refractivity contribution is -0.198. The van der Waals surface area contributed by atoms with Crippen molar-refractivity contribution >= 4 is 22.8 Å². The number of carbonyl (C=O) groups excluding carboxylic acids is 1. The number of aliphatic hydroxyl groups excluding tert-OH is 1. The normalized spacial score (nSPS) is 17.1. The number of anilines is 1. The molecule has 2 aromatic heterocycles. The van der Waals surface area contributed by atoms with Crippen LogP contribution in [-0.2, 0) is 0 Å². The molecule has 2 heterocycles. The highest BCUT2D eigenvalue weighted by molar-refractivity contribution is 5.96. The van der Waals surface area contributed by atoms with E-state index in [-0.39, 0.29) is 11.9 Å². The molecule has 1 amide bonds. The van der Waals surface area contributed by atoms with Gasteiger partial charge in [-0.15, -0.1) is 0 Å². The van der Waals surface area contributed by atoms with E-state index in [0.29, 0.717) is 28.3 Å². The molecule has 36 heavy (non-hydrogen) atoms. The Hall–Kier alpha value is -3.40. The van der Waals surface area contributed by atoms with Gasteiger partial charge in [0.1, 0.15) is 0 Å². The largest absolute Gasteiger partial charge is 0.416 e. The molecule has 5 rings (SSSR count). The van der Waals surface area contributed by atoms with Crippen molar-refractivity contribution in [1.29, 1.82) is 0 Å². The van der Waals surface area contributed by atoms with Crippen molar-refractivity contribution in [2.24, 2.45) is 0 Å². The first-order valence-electron chi connectivity index (χ1n) is 12.2. The fourth-order valence-corrected chi connectivity index (χ4v) is 4.41. The molecule has 3 N–H and O–H groups in total. The van der Waals surface area contributed by atoms with E-state index < -0.39 is 18.8 Å². The first kappa shape index (κ1) is 24.3. The number of imidazole rings is 1. The van der Waals surface area contributed by atoms with Crippen LogP contribution in [0.4, 0.5) is 18.9 Å². The van der Waals surface area contributed by atoms with Crippen molar-refractivity contribution in [3.8, 4) is 11.3 Å². The first-order chi connectivity index (χ1) is 17.2. The molecular formula is C26H28F3N5O2. The summed E-state index contributed by atoms with van der Waals surface area (Å²) in [6, 6.07) is 7.44. The number of benzene rings is 1. The predicted octanol–water partition coefficient (Wildman–Crippen LogP) is 4.89. The lowest BCUT2D eigenvalue weighted by atomic mass is 9.97. The summed E-state index contributed by atoms with van der Waals surface area (Å²) in [6.45, 7) is 1.17. The number of aryl methyl sites for hydroxylation is 1. The predicted molar refractivity (Wildman–Crippen MR) is 131 cm³/mol. The molecule has 1 unspecified atom stereocenters. The molecule has 1 aromatic carbocycles. The van der Waals surface area contributed by atoms with Crippen LogP contribution in [0.1, 0.15) is 60.1 Å². The smallest absolute Gasteiger partial charge is 0.382 e. The van der Waals surface area contributed by atoms with Crippen LogP contribution in [0.2, 0.25) is 0 Å². The number of aliphatic hydroxyl groups is 1. The van der Waals surface area contributed by atoms with E-state index in [9.17, 15) is 23.1 Å². The number of aromatic nitrogens is 3. The van der Waals surface area contributed by atoms with E-state index in [4.69, 9.17) is 5.10 Å². The number of hydrogen-bond donors (Lipinski definition) is 3. The Bertz CT molecular complexity index is 1330. The summed E-state index contributed by atoms with van der Waals surface area (Å²) in [4.78, 5) is 17.0. The summed E-state index contributed by atoms with van der Waals surface area (Å²) >= 11 is 0. The number of halogens is 3. The Kier molecular flexibility index (Phi) is 6.46. The third-order valence-electron chi connectivity index (χ3n) is 6.63. The average molecular weight is 500 g/mol. The molecule has 0 bridgehead atoms. The quantitative estimate of drug-likeness (QED) is 0.431. The second kappa shape index (κ2) is 9.57. The Morgan fingerprint density at radius 3 is 2.72 bits per heavy atom. The number of nitrogens with zero attached hydrogens (tertiary/aromatic N) is 3. The van der Waals surface area contributed by atoms with Gasteiger partial charge in [0, 0.05) is 23.7 Å². The highest BCUT2D eigenvalue weighted by Gasteiger charge is 2.38. The lowest BCUT2D eigenvalue weighted by Crippen LogP contribution is -2.35. The van der Waals surface area contributed by atoms with Crippen LogP contribution in [0.25, 0.3) is 22.5 Å². The van der Waals surface area contributed by atoms with Gasteiger partial charge in [0.05, 0.1) is 23.3 Å². The molecule has 3 aromatic rings. The Balaban J connectivity index is 1.53. The van der Waals surface area contributed by atoms with Crippen LogP contribution in [0, 0.1) is 6.92 Å². The highest BCUT2D eigenvalue weighted by Crippen LogP contribution is 2.32. The van der Waals surface area contributed by atoms with Crippen molar-refractivity contribution in [2.45, 2.75) is 63.8 Å². The molecule has 0 spiro atoms. The second-order valence-corrected chi connectivity index (χ2v) is 9.51. The van der Waals surface area contributed by atoms with Crippen molar-refractivity contribution in [2.75, 3.05) is 11.9 Å². The monoisotopic (exact) mass is 499 g/mol. The van der Waals surface area contributed by atoms with Gasteiger partial charge in [-0.1, -0.05) is 12.1 Å². The molecule has 7 nitrogen and oxygen atoms in total. The zero-order valence-electron chi connectivity index (χ0n) is 19.9. The molecule has 2 aliphatic rings. The average Bonchev–Trinajstić information content (AvgIpc) is 3.56. The maximum atomic E-state index is 12.9. The molecule has 0 saturated heterocycles. The fraction of sp³-hybridized carbons (Fsp3) is 0.423. The highest BCUT2D eigenvalue weighted by atomic mass is 19.4. The summed E-state index contributed by atoms with van der Waals surface area (Å²) in [5.74, 6) is -0.0981. The Labute approximate surface area is 206 Å². The van der Waals surface area contributed by atoms with Crippen molar-refractivity contribution in [1.82, 2.24) is 19.9 Å². The number of fused-ring (bicyclic) bond motifs is 1. The minimum atomic E-state index is -4.73. The van der Waals surface area contributed by atoms with E-state index in [1.165, 1.54) is 0 Å². The fourth-order valence-electron chi connectivity index (χ4n) is 4.41. The number of alkyl halides is 3. The number of allylic oxidation sites excluding steroid dienone is 2. The van der Waals surface area contributed by atoms with Crippen LogP contribution >= 0.6 is 0 Å². The molecule has 1 atom stereocenters. The van der Waals surface area contributed by atoms with Crippen molar-refractivity contribution in [3.05, 3.63) is 53.4 Å². The molecular weight excluding hydrogens is 471 g/mol. The standard InChI is InChI=1S/C26H28F3N5O2/c1-15-11-17(7-10-19(15)25(36)32-18-8-9-18)22-13-31-24-21(30-14-23(35)26(27,28)29)12-20(33-34(22)24)16-5-3-2-4-6-16/h5,7,10-13,18,23,30,35H,2-4,6,8-9,14H2,1H3,(H,32,36). The van der Waals surface area contributed by atoms with E-state index >= 15 is 0 Å². The third kappa shape index (κ3) is 5.09. The van der Waals surface area contributed by atoms with E-state index in [0.717, 1.165) is 55.2 Å². The number of rotatable bonds is 7. The van der Waals surface area contributed by atoms with Crippen LogP contribution in [-0.4, -0.2) is 50.5 Å². The summed E-state index contributed by atoms with van der Waals surface area (Å²) in [7, 11) is 0. The van der Waals surface area contributed by atoms with Gasteiger partial charge in [0.15, 0.2) is 11.8 Å². The van der Waals surface area contributed by atoms with Crippen LogP contribution in [0.5, 0.6) is 0 Å². The van der Waals surface area contributed by atoms with Gasteiger partial charge < -0.3 is 15.7 Å². The van der Waals surface area contributed by atoms with Gasteiger partial charge in [0.2, 0.25) is 0 Å². The van der Waals surface area contributed by atoms with Crippen LogP contribution in [0.15, 0.2) is 36.5 Å². The molecule has 1 saturated carbocycles. The van der Waals surface area contributed by atoms with Gasteiger partial charge in [-0.25, -0.2) is 9.50 Å². The van der Waals surface area contributed by atoms with Gasteiger partial charge in [-0.05, 0) is 74.8 Å². The van der Waals surface area contributed by atoms with Crippen LogP contribution < -0.4 is 10.6 Å². The second-order valence-electron chi connectivity index (χ2n) is 9.51.